The Labute approximate surface area is 166 Å². The summed E-state index contributed by atoms with van der Waals surface area (Å²) in [7, 11) is 4.85. The zero-order chi connectivity index (χ0) is 20.3. The first kappa shape index (κ1) is 18.0. The van der Waals surface area contributed by atoms with Gasteiger partial charge in [-0.1, -0.05) is 0 Å². The van der Waals surface area contributed by atoms with Crippen molar-refractivity contribution < 1.29 is 18.6 Å². The second-order valence-electron chi connectivity index (χ2n) is 7.51. The minimum absolute atomic E-state index is 0.157. The van der Waals surface area contributed by atoms with Gasteiger partial charge in [-0.25, -0.2) is 4.39 Å². The monoisotopic (exact) mass is 399 g/mol. The molecule has 9 heteroatoms. The highest BCUT2D eigenvalue weighted by molar-refractivity contribution is 5.73. The quantitative estimate of drug-likeness (QED) is 0.702. The van der Waals surface area contributed by atoms with Crippen molar-refractivity contribution in [2.75, 3.05) is 20.0 Å². The highest BCUT2D eigenvalue weighted by atomic mass is 19.1. The lowest BCUT2D eigenvalue weighted by Crippen LogP contribution is -2.34. The Kier molecular flexibility index (Phi) is 3.86. The van der Waals surface area contributed by atoms with Crippen LogP contribution in [0, 0.1) is 5.82 Å². The van der Waals surface area contributed by atoms with Crippen molar-refractivity contribution in [2.45, 2.75) is 31.5 Å². The number of aromatic nitrogens is 4. The maximum absolute atomic E-state index is 15.3. The molecule has 1 spiro atoms. The SMILES string of the molecule is COc1cc(OC)c2c(c1F)C1(CCc3c(-c4c(N)cnn4C)n[nH]c3C1)OC2. The van der Waals surface area contributed by atoms with Gasteiger partial charge in [0.1, 0.15) is 22.7 Å². The molecule has 3 N–H and O–H groups in total. The molecule has 0 saturated heterocycles. The molecule has 152 valence electrons. The van der Waals surface area contributed by atoms with Crippen molar-refractivity contribution in [1.29, 1.82) is 0 Å². The number of nitrogens with zero attached hydrogens (tertiary/aromatic N) is 3. The fourth-order valence-electron chi connectivity index (χ4n) is 4.67. The van der Waals surface area contributed by atoms with Gasteiger partial charge in [-0.05, 0) is 12.8 Å². The maximum Gasteiger partial charge on any atom is 0.171 e. The number of nitrogen functional groups attached to an aromatic ring is 1. The molecule has 1 unspecified atom stereocenters. The number of H-pyrrole nitrogens is 1. The van der Waals surface area contributed by atoms with E-state index in [0.29, 0.717) is 42.9 Å². The van der Waals surface area contributed by atoms with Crippen LogP contribution in [0.25, 0.3) is 11.4 Å². The van der Waals surface area contributed by atoms with Gasteiger partial charge in [0.15, 0.2) is 11.6 Å². The Bertz CT molecular complexity index is 1100. The van der Waals surface area contributed by atoms with E-state index in [1.54, 1.807) is 24.1 Å². The van der Waals surface area contributed by atoms with Crippen LogP contribution in [-0.2, 0) is 36.8 Å². The Morgan fingerprint density at radius 2 is 2.07 bits per heavy atom. The third kappa shape index (κ3) is 2.40. The van der Waals surface area contributed by atoms with Crippen LogP contribution in [0.3, 0.4) is 0 Å². The lowest BCUT2D eigenvalue weighted by atomic mass is 9.77. The molecule has 1 aliphatic carbocycles. The van der Waals surface area contributed by atoms with Crippen LogP contribution >= 0.6 is 0 Å². The van der Waals surface area contributed by atoms with E-state index in [1.165, 1.54) is 7.11 Å². The Balaban J connectivity index is 1.60. The van der Waals surface area contributed by atoms with Crippen LogP contribution in [0.15, 0.2) is 12.3 Å². The molecule has 0 saturated carbocycles. The van der Waals surface area contributed by atoms with E-state index in [2.05, 4.69) is 15.3 Å². The molecule has 29 heavy (non-hydrogen) atoms. The molecule has 0 amide bonds. The lowest BCUT2D eigenvalue weighted by Gasteiger charge is -2.33. The van der Waals surface area contributed by atoms with Gasteiger partial charge in [0, 0.05) is 41.9 Å². The predicted molar refractivity (Wildman–Crippen MR) is 103 cm³/mol. The molecule has 2 aromatic heterocycles. The van der Waals surface area contributed by atoms with Crippen molar-refractivity contribution in [3.8, 4) is 22.9 Å². The molecular formula is C20H22FN5O3. The van der Waals surface area contributed by atoms with Gasteiger partial charge in [0.2, 0.25) is 0 Å². The van der Waals surface area contributed by atoms with Gasteiger partial charge in [0.05, 0.1) is 32.7 Å². The number of anilines is 1. The fourth-order valence-corrected chi connectivity index (χ4v) is 4.67. The van der Waals surface area contributed by atoms with Gasteiger partial charge in [-0.2, -0.15) is 10.2 Å². The summed E-state index contributed by atoms with van der Waals surface area (Å²) in [5.74, 6) is 0.345. The number of rotatable bonds is 3. The number of nitrogens with one attached hydrogen (secondary N) is 1. The Hall–Kier alpha value is -3.07. The van der Waals surface area contributed by atoms with Gasteiger partial charge in [0.25, 0.3) is 0 Å². The van der Waals surface area contributed by atoms with Crippen molar-refractivity contribution >= 4 is 5.69 Å². The van der Waals surface area contributed by atoms with E-state index in [-0.39, 0.29) is 11.6 Å². The molecule has 0 bridgehead atoms. The number of methoxy groups -OCH3 is 2. The molecule has 1 aliphatic heterocycles. The average molecular weight is 399 g/mol. The molecule has 3 aromatic rings. The van der Waals surface area contributed by atoms with Crippen LogP contribution in [0.1, 0.15) is 28.8 Å². The summed E-state index contributed by atoms with van der Waals surface area (Å²) in [5.41, 5.74) is 10.7. The summed E-state index contributed by atoms with van der Waals surface area (Å²) in [4.78, 5) is 0. The molecule has 3 heterocycles. The molecule has 5 rings (SSSR count). The summed E-state index contributed by atoms with van der Waals surface area (Å²) in [6.45, 7) is 0.296. The Morgan fingerprint density at radius 1 is 1.28 bits per heavy atom. The minimum Gasteiger partial charge on any atom is -0.496 e. The van der Waals surface area contributed by atoms with E-state index >= 15 is 4.39 Å². The summed E-state index contributed by atoms with van der Waals surface area (Å²) < 4.78 is 34.0. The van der Waals surface area contributed by atoms with E-state index in [1.807, 2.05) is 7.05 Å². The molecule has 8 nitrogen and oxygen atoms in total. The number of nitrogens with two attached hydrogens (primary N) is 1. The number of aryl methyl sites for hydroxylation is 1. The van der Waals surface area contributed by atoms with Crippen LogP contribution in [0.4, 0.5) is 10.1 Å². The topological polar surface area (TPSA) is 100 Å². The van der Waals surface area contributed by atoms with Crippen molar-refractivity contribution in [1.82, 2.24) is 20.0 Å². The largest absolute Gasteiger partial charge is 0.496 e. The summed E-state index contributed by atoms with van der Waals surface area (Å²) >= 11 is 0. The minimum atomic E-state index is -0.782. The molecule has 1 aromatic carbocycles. The molecule has 0 radical (unpaired) electrons. The number of ether oxygens (including phenoxy) is 3. The van der Waals surface area contributed by atoms with Crippen LogP contribution in [0.2, 0.25) is 0 Å². The lowest BCUT2D eigenvalue weighted by molar-refractivity contribution is -0.0505. The summed E-state index contributed by atoms with van der Waals surface area (Å²) in [5, 5.41) is 11.8. The molecule has 0 fully saturated rings. The summed E-state index contributed by atoms with van der Waals surface area (Å²) in [6, 6.07) is 1.57. The predicted octanol–water partition coefficient (Wildman–Crippen LogP) is 2.46. The molecule has 2 aliphatic rings. The highest BCUT2D eigenvalue weighted by Crippen LogP contribution is 2.51. The normalized spacial score (nSPS) is 20.0. The second kappa shape index (κ2) is 6.21. The van der Waals surface area contributed by atoms with E-state index in [0.717, 1.165) is 28.2 Å². The number of hydrogen-bond acceptors (Lipinski definition) is 6. The number of fused-ring (bicyclic) bond motifs is 3. The fraction of sp³-hybridized carbons (Fsp3) is 0.400. The maximum atomic E-state index is 15.3. The molecular weight excluding hydrogens is 377 g/mol. The second-order valence-corrected chi connectivity index (χ2v) is 7.51. The first-order valence-corrected chi connectivity index (χ1v) is 9.41. The Morgan fingerprint density at radius 3 is 2.76 bits per heavy atom. The van der Waals surface area contributed by atoms with Gasteiger partial charge in [-0.3, -0.25) is 9.78 Å². The number of halogens is 1. The van der Waals surface area contributed by atoms with Gasteiger partial charge in [-0.15, -0.1) is 0 Å². The van der Waals surface area contributed by atoms with E-state index in [9.17, 15) is 0 Å². The highest BCUT2D eigenvalue weighted by Gasteiger charge is 2.48. The third-order valence-corrected chi connectivity index (χ3v) is 6.07. The zero-order valence-electron chi connectivity index (χ0n) is 16.5. The van der Waals surface area contributed by atoms with Crippen LogP contribution in [0.5, 0.6) is 11.5 Å². The smallest absolute Gasteiger partial charge is 0.171 e. The molecule has 1 atom stereocenters. The van der Waals surface area contributed by atoms with Crippen molar-refractivity contribution in [3.05, 3.63) is 40.5 Å². The standard InChI is InChI=1S/C20H22FN5O3/c1-26-19(12(22)8-23-26)18-10-4-5-20(7-13(10)24-25-18)16-11(9-29-20)14(27-2)6-15(28-3)17(16)21/h6,8H,4-5,7,9,22H2,1-3H3,(H,24,25). The van der Waals surface area contributed by atoms with Crippen molar-refractivity contribution in [3.63, 3.8) is 0 Å². The van der Waals surface area contributed by atoms with E-state index in [4.69, 9.17) is 19.9 Å². The first-order valence-electron chi connectivity index (χ1n) is 9.41. The first-order chi connectivity index (χ1) is 14.0. The summed E-state index contributed by atoms with van der Waals surface area (Å²) in [6.07, 6.45) is 3.38. The zero-order valence-corrected chi connectivity index (χ0v) is 16.5. The van der Waals surface area contributed by atoms with Crippen molar-refractivity contribution in [2.24, 2.45) is 7.05 Å². The van der Waals surface area contributed by atoms with Gasteiger partial charge >= 0.3 is 0 Å². The third-order valence-electron chi connectivity index (χ3n) is 6.07. The number of benzene rings is 1. The number of aromatic amines is 1. The van der Waals surface area contributed by atoms with Crippen LogP contribution < -0.4 is 15.2 Å². The average Bonchev–Trinajstić information content (AvgIpc) is 3.39. The van der Waals surface area contributed by atoms with E-state index < -0.39 is 5.60 Å². The van der Waals surface area contributed by atoms with Gasteiger partial charge < -0.3 is 19.9 Å². The van der Waals surface area contributed by atoms with Crippen LogP contribution in [-0.4, -0.2) is 34.2 Å². The number of hydrogen-bond donors (Lipinski definition) is 2.